The van der Waals surface area contributed by atoms with E-state index in [4.69, 9.17) is 5.14 Å². The summed E-state index contributed by atoms with van der Waals surface area (Å²) >= 11 is 1.11. The van der Waals surface area contributed by atoms with Crippen LogP contribution in [0.25, 0.3) is 0 Å². The van der Waals surface area contributed by atoms with Gasteiger partial charge in [-0.1, -0.05) is 12.1 Å². The number of sulfonamides is 1. The highest BCUT2D eigenvalue weighted by molar-refractivity contribution is 7.89. The zero-order valence-corrected chi connectivity index (χ0v) is 11.4. The fraction of sp³-hybridized carbons (Fsp3) is 0.0909. The van der Waals surface area contributed by atoms with Gasteiger partial charge in [0.25, 0.3) is 5.91 Å². The SMILES string of the molecule is NS(=O)(=O)c1ccc(CNC(=O)c2ccns2)cc1. The summed E-state index contributed by atoms with van der Waals surface area (Å²) in [7, 11) is -3.68. The molecule has 1 aromatic heterocycles. The summed E-state index contributed by atoms with van der Waals surface area (Å²) < 4.78 is 26.0. The summed E-state index contributed by atoms with van der Waals surface area (Å²) in [6.07, 6.45) is 1.56. The molecule has 0 saturated carbocycles. The van der Waals surface area contributed by atoms with Crippen LogP contribution in [0.4, 0.5) is 0 Å². The molecule has 2 rings (SSSR count). The normalized spacial score (nSPS) is 11.2. The van der Waals surface area contributed by atoms with Crippen LogP contribution in [0, 0.1) is 0 Å². The standard InChI is InChI=1S/C11H11N3O3S2/c12-19(16,17)9-3-1-8(2-4-9)7-13-11(15)10-5-6-14-18-10/h1-6H,7H2,(H,13,15)(H2,12,16,17). The summed E-state index contributed by atoms with van der Waals surface area (Å²) in [5, 5.41) is 7.70. The van der Waals surface area contributed by atoms with E-state index in [9.17, 15) is 13.2 Å². The average Bonchev–Trinajstić information content (AvgIpc) is 2.89. The van der Waals surface area contributed by atoms with Gasteiger partial charge in [0, 0.05) is 12.7 Å². The van der Waals surface area contributed by atoms with Crippen LogP contribution in [-0.2, 0) is 16.6 Å². The molecule has 8 heteroatoms. The van der Waals surface area contributed by atoms with Gasteiger partial charge in [-0.25, -0.2) is 17.9 Å². The quantitative estimate of drug-likeness (QED) is 0.868. The van der Waals surface area contributed by atoms with Gasteiger partial charge in [-0.3, -0.25) is 4.79 Å². The Morgan fingerprint density at radius 1 is 1.26 bits per heavy atom. The van der Waals surface area contributed by atoms with Gasteiger partial charge in [-0.15, -0.1) is 0 Å². The van der Waals surface area contributed by atoms with Crippen molar-refractivity contribution in [3.05, 3.63) is 47.0 Å². The van der Waals surface area contributed by atoms with E-state index in [1.54, 1.807) is 24.4 Å². The maximum absolute atomic E-state index is 11.6. The average molecular weight is 297 g/mol. The Hall–Kier alpha value is -1.77. The van der Waals surface area contributed by atoms with Crippen molar-refractivity contribution in [3.8, 4) is 0 Å². The molecular formula is C11H11N3O3S2. The van der Waals surface area contributed by atoms with Crippen LogP contribution in [0.5, 0.6) is 0 Å². The number of primary sulfonamides is 1. The van der Waals surface area contributed by atoms with E-state index < -0.39 is 10.0 Å². The van der Waals surface area contributed by atoms with Gasteiger partial charge in [-0.05, 0) is 35.3 Å². The molecule has 6 nitrogen and oxygen atoms in total. The van der Waals surface area contributed by atoms with Gasteiger partial charge in [0.15, 0.2) is 0 Å². The third-order valence-corrected chi connectivity index (χ3v) is 4.04. The summed E-state index contributed by atoms with van der Waals surface area (Å²) in [5.41, 5.74) is 0.783. The first-order chi connectivity index (χ1) is 8.97. The van der Waals surface area contributed by atoms with E-state index in [-0.39, 0.29) is 10.8 Å². The molecule has 0 aliphatic heterocycles. The van der Waals surface area contributed by atoms with Crippen molar-refractivity contribution in [3.63, 3.8) is 0 Å². The first kappa shape index (κ1) is 13.7. The minimum Gasteiger partial charge on any atom is -0.347 e. The van der Waals surface area contributed by atoms with Crippen LogP contribution in [0.2, 0.25) is 0 Å². The smallest absolute Gasteiger partial charge is 0.263 e. The molecule has 1 amide bonds. The number of nitrogens with zero attached hydrogens (tertiary/aromatic N) is 1. The molecule has 0 unspecified atom stereocenters. The zero-order valence-electron chi connectivity index (χ0n) is 9.74. The van der Waals surface area contributed by atoms with Crippen molar-refractivity contribution in [1.29, 1.82) is 0 Å². The Kier molecular flexibility index (Phi) is 3.93. The monoisotopic (exact) mass is 297 g/mol. The molecule has 0 bridgehead atoms. The highest BCUT2D eigenvalue weighted by Crippen LogP contribution is 2.09. The second-order valence-electron chi connectivity index (χ2n) is 3.75. The lowest BCUT2D eigenvalue weighted by atomic mass is 10.2. The fourth-order valence-electron chi connectivity index (χ4n) is 1.40. The highest BCUT2D eigenvalue weighted by Gasteiger charge is 2.08. The van der Waals surface area contributed by atoms with Crippen LogP contribution in [0.1, 0.15) is 15.2 Å². The van der Waals surface area contributed by atoms with Crippen LogP contribution in [-0.4, -0.2) is 18.7 Å². The first-order valence-electron chi connectivity index (χ1n) is 5.27. The topological polar surface area (TPSA) is 102 Å². The summed E-state index contributed by atoms with van der Waals surface area (Å²) in [4.78, 5) is 12.2. The highest BCUT2D eigenvalue weighted by atomic mass is 32.2. The van der Waals surface area contributed by atoms with Crippen molar-refractivity contribution in [1.82, 2.24) is 9.69 Å². The molecule has 0 radical (unpaired) electrons. The Morgan fingerprint density at radius 2 is 1.95 bits per heavy atom. The second kappa shape index (κ2) is 5.47. The lowest BCUT2D eigenvalue weighted by molar-refractivity contribution is 0.0955. The maximum atomic E-state index is 11.6. The third-order valence-electron chi connectivity index (χ3n) is 2.37. The number of nitrogens with two attached hydrogens (primary N) is 1. The van der Waals surface area contributed by atoms with Gasteiger partial charge in [0.1, 0.15) is 4.88 Å². The fourth-order valence-corrected chi connectivity index (χ4v) is 2.43. The van der Waals surface area contributed by atoms with Gasteiger partial charge >= 0.3 is 0 Å². The Labute approximate surface area is 114 Å². The minimum atomic E-state index is -3.68. The Morgan fingerprint density at radius 3 is 2.47 bits per heavy atom. The van der Waals surface area contributed by atoms with Crippen molar-refractivity contribution in [2.75, 3.05) is 0 Å². The Balaban J connectivity index is 1.99. The second-order valence-corrected chi connectivity index (χ2v) is 6.14. The summed E-state index contributed by atoms with van der Waals surface area (Å²) in [5.74, 6) is -0.210. The number of amides is 1. The molecule has 0 saturated heterocycles. The number of hydrogen-bond acceptors (Lipinski definition) is 5. The number of benzene rings is 1. The van der Waals surface area contributed by atoms with Crippen LogP contribution < -0.4 is 10.5 Å². The summed E-state index contributed by atoms with van der Waals surface area (Å²) in [6, 6.07) is 7.65. The molecule has 1 heterocycles. The van der Waals surface area contributed by atoms with Crippen molar-refractivity contribution < 1.29 is 13.2 Å². The largest absolute Gasteiger partial charge is 0.347 e. The maximum Gasteiger partial charge on any atom is 0.263 e. The van der Waals surface area contributed by atoms with Crippen LogP contribution in [0.15, 0.2) is 41.4 Å². The van der Waals surface area contributed by atoms with E-state index in [1.807, 2.05) is 0 Å². The molecule has 3 N–H and O–H groups in total. The summed E-state index contributed by atoms with van der Waals surface area (Å²) in [6.45, 7) is 0.307. The zero-order chi connectivity index (χ0) is 13.9. The predicted octanol–water partition coefficient (Wildman–Crippen LogP) is 0.720. The number of aromatic nitrogens is 1. The Bertz CT molecular complexity index is 664. The molecule has 0 atom stereocenters. The van der Waals surface area contributed by atoms with Gasteiger partial charge < -0.3 is 5.32 Å². The van der Waals surface area contributed by atoms with Gasteiger partial charge in [-0.2, -0.15) is 0 Å². The van der Waals surface area contributed by atoms with Crippen LogP contribution >= 0.6 is 11.5 Å². The minimum absolute atomic E-state index is 0.0463. The molecular weight excluding hydrogens is 286 g/mol. The molecule has 0 spiro atoms. The van der Waals surface area contributed by atoms with Crippen molar-refractivity contribution >= 4 is 27.5 Å². The molecule has 100 valence electrons. The molecule has 1 aromatic carbocycles. The molecule has 0 fully saturated rings. The van der Waals surface area contributed by atoms with Crippen LogP contribution in [0.3, 0.4) is 0 Å². The van der Waals surface area contributed by atoms with E-state index in [0.29, 0.717) is 11.4 Å². The number of nitrogens with one attached hydrogen (secondary N) is 1. The number of hydrogen-bond donors (Lipinski definition) is 2. The van der Waals surface area contributed by atoms with Gasteiger partial charge in [0.2, 0.25) is 10.0 Å². The first-order valence-corrected chi connectivity index (χ1v) is 7.59. The molecule has 0 aliphatic carbocycles. The number of rotatable bonds is 4. The van der Waals surface area contributed by atoms with E-state index in [1.165, 1.54) is 12.1 Å². The third kappa shape index (κ3) is 3.60. The number of carbonyl (C=O) groups is 1. The van der Waals surface area contributed by atoms with E-state index in [0.717, 1.165) is 17.1 Å². The molecule has 0 aliphatic rings. The lowest BCUT2D eigenvalue weighted by Crippen LogP contribution is -2.21. The molecule has 2 aromatic rings. The lowest BCUT2D eigenvalue weighted by Gasteiger charge is -2.04. The molecule has 19 heavy (non-hydrogen) atoms. The van der Waals surface area contributed by atoms with E-state index >= 15 is 0 Å². The van der Waals surface area contributed by atoms with E-state index in [2.05, 4.69) is 9.69 Å². The predicted molar refractivity (Wildman–Crippen MR) is 71.1 cm³/mol. The number of carbonyl (C=O) groups excluding carboxylic acids is 1. The van der Waals surface area contributed by atoms with Crippen molar-refractivity contribution in [2.24, 2.45) is 5.14 Å². The van der Waals surface area contributed by atoms with Crippen molar-refractivity contribution in [2.45, 2.75) is 11.4 Å². The van der Waals surface area contributed by atoms with Gasteiger partial charge in [0.05, 0.1) is 4.90 Å².